The summed E-state index contributed by atoms with van der Waals surface area (Å²) in [7, 11) is 4.02. The summed E-state index contributed by atoms with van der Waals surface area (Å²) in [4.78, 5) is 17.7. The minimum Gasteiger partial charge on any atom is -0.395 e. The fourth-order valence-corrected chi connectivity index (χ4v) is 6.25. The van der Waals surface area contributed by atoms with Gasteiger partial charge in [0.15, 0.2) is 0 Å². The van der Waals surface area contributed by atoms with E-state index in [1.807, 2.05) is 7.05 Å². The van der Waals surface area contributed by atoms with Gasteiger partial charge >= 0.3 is 0 Å². The van der Waals surface area contributed by atoms with E-state index in [0.717, 1.165) is 38.8 Å². The zero-order valence-electron chi connectivity index (χ0n) is 18.3. The molecule has 3 atom stereocenters. The highest BCUT2D eigenvalue weighted by Gasteiger charge is 2.53. The van der Waals surface area contributed by atoms with Gasteiger partial charge < -0.3 is 14.6 Å². The lowest BCUT2D eigenvalue weighted by atomic mass is 9.61. The summed E-state index contributed by atoms with van der Waals surface area (Å²) in [5, 5.41) is 10.7. The van der Waals surface area contributed by atoms with E-state index in [1.165, 1.54) is 22.2 Å². The number of para-hydroxylation sites is 1. The van der Waals surface area contributed by atoms with E-state index in [2.05, 4.69) is 54.6 Å². The third-order valence-corrected chi connectivity index (χ3v) is 7.87. The number of aliphatic hydroxyl groups excluding tert-OH is 1. The zero-order chi connectivity index (χ0) is 20.8. The first-order valence-corrected chi connectivity index (χ1v) is 11.1. The highest BCUT2D eigenvalue weighted by molar-refractivity contribution is 5.86. The molecule has 2 aliphatic rings. The first-order valence-electron chi connectivity index (χ1n) is 11.1. The van der Waals surface area contributed by atoms with Gasteiger partial charge in [0.25, 0.3) is 0 Å². The number of carbonyl (C=O) groups excluding carboxylic acids is 1. The molecular formula is C24H35N3O2. The number of aromatic nitrogens is 1. The number of piperidine rings is 1. The van der Waals surface area contributed by atoms with Gasteiger partial charge in [0.2, 0.25) is 5.91 Å². The number of benzene rings is 1. The van der Waals surface area contributed by atoms with E-state index in [0.29, 0.717) is 6.54 Å². The largest absolute Gasteiger partial charge is 0.395 e. The van der Waals surface area contributed by atoms with Crippen LogP contribution >= 0.6 is 0 Å². The molecule has 0 saturated carbocycles. The van der Waals surface area contributed by atoms with Crippen molar-refractivity contribution in [2.45, 2.75) is 45.6 Å². The molecule has 1 N–H and O–H groups in total. The van der Waals surface area contributed by atoms with E-state index in [9.17, 15) is 9.90 Å². The molecule has 0 bridgehead atoms. The highest BCUT2D eigenvalue weighted by Crippen LogP contribution is 2.56. The second-order valence-corrected chi connectivity index (χ2v) is 9.02. The van der Waals surface area contributed by atoms with Gasteiger partial charge in [-0.15, -0.1) is 0 Å². The number of hydrogen-bond donors (Lipinski definition) is 1. The van der Waals surface area contributed by atoms with Gasteiger partial charge in [0, 0.05) is 55.1 Å². The van der Waals surface area contributed by atoms with Crippen molar-refractivity contribution < 1.29 is 9.90 Å². The van der Waals surface area contributed by atoms with Gasteiger partial charge in [0.05, 0.1) is 12.6 Å². The average molecular weight is 398 g/mol. The number of amides is 1. The lowest BCUT2D eigenvalue weighted by Crippen LogP contribution is -2.55. The number of aryl methyl sites for hydroxylation is 1. The van der Waals surface area contributed by atoms with Gasteiger partial charge in [-0.1, -0.05) is 32.0 Å². The first kappa shape index (κ1) is 20.4. The summed E-state index contributed by atoms with van der Waals surface area (Å²) in [6.45, 7) is 6.98. The van der Waals surface area contributed by atoms with Crippen LogP contribution in [0.3, 0.4) is 0 Å². The maximum absolute atomic E-state index is 13.3. The predicted molar refractivity (Wildman–Crippen MR) is 117 cm³/mol. The van der Waals surface area contributed by atoms with Crippen molar-refractivity contribution >= 4 is 16.8 Å². The Hall–Kier alpha value is -1.85. The van der Waals surface area contributed by atoms with Crippen LogP contribution in [0.5, 0.6) is 0 Å². The highest BCUT2D eigenvalue weighted by atomic mass is 16.3. The second-order valence-electron chi connectivity index (χ2n) is 9.02. The molecule has 1 fully saturated rings. The van der Waals surface area contributed by atoms with Crippen molar-refractivity contribution in [2.24, 2.45) is 18.4 Å². The molecule has 0 radical (unpaired) electrons. The molecule has 0 aliphatic carbocycles. The summed E-state index contributed by atoms with van der Waals surface area (Å²) >= 11 is 0. The molecular weight excluding hydrogens is 362 g/mol. The summed E-state index contributed by atoms with van der Waals surface area (Å²) in [5.41, 5.74) is 4.11. The monoisotopic (exact) mass is 397 g/mol. The number of likely N-dealkylation sites (N-methyl/N-ethyl adjacent to an activating group) is 1. The van der Waals surface area contributed by atoms with Crippen molar-refractivity contribution in [3.63, 3.8) is 0 Å². The molecule has 1 unspecified atom stereocenters. The number of aliphatic hydroxyl groups is 1. The molecule has 2 aliphatic heterocycles. The molecule has 3 heterocycles. The Morgan fingerprint density at radius 3 is 2.83 bits per heavy atom. The van der Waals surface area contributed by atoms with Crippen molar-refractivity contribution in [1.82, 2.24) is 14.4 Å². The summed E-state index contributed by atoms with van der Waals surface area (Å²) in [5.74, 6) is 0.0782. The maximum Gasteiger partial charge on any atom is 0.225 e. The van der Waals surface area contributed by atoms with Crippen LogP contribution in [0.1, 0.15) is 50.4 Å². The van der Waals surface area contributed by atoms with E-state index in [-0.39, 0.29) is 29.9 Å². The Morgan fingerprint density at radius 2 is 2.10 bits per heavy atom. The molecule has 1 saturated heterocycles. The molecule has 1 aromatic carbocycles. The van der Waals surface area contributed by atoms with Crippen LogP contribution in [0.4, 0.5) is 0 Å². The quantitative estimate of drug-likeness (QED) is 0.842. The molecule has 5 heteroatoms. The van der Waals surface area contributed by atoms with E-state index >= 15 is 0 Å². The molecule has 2 aromatic rings. The van der Waals surface area contributed by atoms with Crippen LogP contribution in [-0.2, 0) is 18.3 Å². The SMILES string of the molecule is CC[C@@]1(C(C)C(=O)N(C)CCO)CCCN2CCc3c(n(C)c4ccccc34)[C@@H]21. The summed E-state index contributed by atoms with van der Waals surface area (Å²) in [6, 6.07) is 9.00. The Balaban J connectivity index is 1.85. The zero-order valence-corrected chi connectivity index (χ0v) is 18.3. The molecule has 5 nitrogen and oxygen atoms in total. The van der Waals surface area contributed by atoms with Gasteiger partial charge in [-0.3, -0.25) is 9.69 Å². The lowest BCUT2D eigenvalue weighted by Gasteiger charge is -2.55. The number of hydrogen-bond acceptors (Lipinski definition) is 3. The van der Waals surface area contributed by atoms with Crippen molar-refractivity contribution in [2.75, 3.05) is 33.3 Å². The molecule has 4 rings (SSSR count). The number of carbonyl (C=O) groups is 1. The molecule has 29 heavy (non-hydrogen) atoms. The van der Waals surface area contributed by atoms with Crippen LogP contribution < -0.4 is 0 Å². The number of rotatable bonds is 5. The predicted octanol–water partition coefficient (Wildman–Crippen LogP) is 3.35. The first-order chi connectivity index (χ1) is 14.0. The third-order valence-electron chi connectivity index (χ3n) is 7.87. The standard InChI is InChI=1S/C24H35N3O2/c1-5-24(17(2)23(29)25(3)15-16-28)12-8-13-27-14-11-19-18-9-6-7-10-20(18)26(4)21(19)22(24)27/h6-7,9-10,17,22,28H,5,8,11-16H2,1-4H3/t17?,22-,24+/m1/s1. The smallest absolute Gasteiger partial charge is 0.225 e. The Labute approximate surface area is 174 Å². The van der Waals surface area contributed by atoms with Gasteiger partial charge in [0.1, 0.15) is 0 Å². The van der Waals surface area contributed by atoms with E-state index in [1.54, 1.807) is 4.90 Å². The average Bonchev–Trinajstić information content (AvgIpc) is 3.04. The Kier molecular flexibility index (Phi) is 5.47. The summed E-state index contributed by atoms with van der Waals surface area (Å²) < 4.78 is 2.39. The maximum atomic E-state index is 13.3. The van der Waals surface area contributed by atoms with Crippen LogP contribution in [0.2, 0.25) is 0 Å². The van der Waals surface area contributed by atoms with Crippen LogP contribution in [0, 0.1) is 11.3 Å². The molecule has 0 spiro atoms. The normalized spacial score (nSPS) is 25.5. The van der Waals surface area contributed by atoms with Crippen LogP contribution in [0.15, 0.2) is 24.3 Å². The van der Waals surface area contributed by atoms with E-state index < -0.39 is 0 Å². The minimum atomic E-state index is -0.0869. The lowest BCUT2D eigenvalue weighted by molar-refractivity contribution is -0.144. The van der Waals surface area contributed by atoms with Gasteiger partial charge in [-0.25, -0.2) is 0 Å². The van der Waals surface area contributed by atoms with Crippen LogP contribution in [-0.4, -0.2) is 58.7 Å². The molecule has 158 valence electrons. The molecule has 1 aromatic heterocycles. The fraction of sp³-hybridized carbons (Fsp3) is 0.625. The second kappa shape index (κ2) is 7.77. The number of nitrogens with zero attached hydrogens (tertiary/aromatic N) is 3. The minimum absolute atomic E-state index is 0.0109. The fourth-order valence-electron chi connectivity index (χ4n) is 6.25. The van der Waals surface area contributed by atoms with Crippen molar-refractivity contribution in [1.29, 1.82) is 0 Å². The Morgan fingerprint density at radius 1 is 1.34 bits per heavy atom. The van der Waals surface area contributed by atoms with Gasteiger partial charge in [-0.2, -0.15) is 0 Å². The van der Waals surface area contributed by atoms with Gasteiger partial charge in [-0.05, 0) is 43.9 Å². The van der Waals surface area contributed by atoms with E-state index in [4.69, 9.17) is 0 Å². The molecule has 1 amide bonds. The van der Waals surface area contributed by atoms with Crippen molar-refractivity contribution in [3.8, 4) is 0 Å². The third kappa shape index (κ3) is 3.01. The van der Waals surface area contributed by atoms with Crippen LogP contribution in [0.25, 0.3) is 10.9 Å². The van der Waals surface area contributed by atoms with Crippen molar-refractivity contribution in [3.05, 3.63) is 35.5 Å². The topological polar surface area (TPSA) is 48.7 Å². The number of fused-ring (bicyclic) bond motifs is 5. The summed E-state index contributed by atoms with van der Waals surface area (Å²) in [6.07, 6.45) is 4.28. The Bertz CT molecular complexity index is 905.